The zero-order chi connectivity index (χ0) is 18.8. The summed E-state index contributed by atoms with van der Waals surface area (Å²) < 4.78 is 13.8. The lowest BCUT2D eigenvalue weighted by molar-refractivity contribution is -0.108. The fourth-order valence-electron chi connectivity index (χ4n) is 7.00. The molecular formula is C23H37ClFNO. The predicted octanol–water partition coefficient (Wildman–Crippen LogP) is 5.62. The second-order valence-electron chi connectivity index (χ2n) is 10.0. The maximum Gasteiger partial charge on any atom is 0.120 e. The van der Waals surface area contributed by atoms with Gasteiger partial charge < -0.3 is 4.79 Å². The van der Waals surface area contributed by atoms with Crippen molar-refractivity contribution in [2.45, 2.75) is 94.6 Å². The van der Waals surface area contributed by atoms with Gasteiger partial charge in [0.05, 0.1) is 5.38 Å². The number of rotatable bonds is 5. The second kappa shape index (κ2) is 9.11. The van der Waals surface area contributed by atoms with E-state index in [-0.39, 0.29) is 5.38 Å². The van der Waals surface area contributed by atoms with Gasteiger partial charge in [0.1, 0.15) is 12.5 Å². The predicted molar refractivity (Wildman–Crippen MR) is 109 cm³/mol. The summed E-state index contributed by atoms with van der Waals surface area (Å²) in [4.78, 5) is 14.1. The molecule has 1 heterocycles. The number of nitrogens with zero attached hydrogens (tertiary/aromatic N) is 1. The lowest BCUT2D eigenvalue weighted by Gasteiger charge is -2.42. The number of hydrogen-bond donors (Lipinski definition) is 0. The van der Waals surface area contributed by atoms with E-state index in [1.165, 1.54) is 57.9 Å². The third kappa shape index (κ3) is 4.55. The molecule has 0 radical (unpaired) electrons. The third-order valence-corrected chi connectivity index (χ3v) is 8.91. The van der Waals surface area contributed by atoms with E-state index in [1.807, 2.05) is 0 Å². The fourth-order valence-corrected chi connectivity index (χ4v) is 7.36. The van der Waals surface area contributed by atoms with Gasteiger partial charge in [0.25, 0.3) is 0 Å². The van der Waals surface area contributed by atoms with Gasteiger partial charge in [0.15, 0.2) is 0 Å². The van der Waals surface area contributed by atoms with E-state index >= 15 is 0 Å². The highest BCUT2D eigenvalue weighted by Crippen LogP contribution is 2.48. The first-order valence-electron chi connectivity index (χ1n) is 11.6. The van der Waals surface area contributed by atoms with Crippen molar-refractivity contribution in [2.75, 3.05) is 13.1 Å². The average molecular weight is 398 g/mol. The van der Waals surface area contributed by atoms with Crippen LogP contribution >= 0.6 is 11.6 Å². The van der Waals surface area contributed by atoms with Crippen molar-refractivity contribution in [3.05, 3.63) is 0 Å². The topological polar surface area (TPSA) is 20.3 Å². The lowest BCUT2D eigenvalue weighted by Crippen LogP contribution is -2.42. The van der Waals surface area contributed by atoms with E-state index in [0.717, 1.165) is 38.0 Å². The van der Waals surface area contributed by atoms with Crippen LogP contribution in [0.4, 0.5) is 4.39 Å². The van der Waals surface area contributed by atoms with Gasteiger partial charge in [-0.05, 0) is 81.0 Å². The minimum absolute atomic E-state index is 0.279. The summed E-state index contributed by atoms with van der Waals surface area (Å²) in [6, 6.07) is 0.692. The van der Waals surface area contributed by atoms with E-state index in [4.69, 9.17) is 11.6 Å². The Hall–Kier alpha value is -0.150. The van der Waals surface area contributed by atoms with Crippen LogP contribution in [0.3, 0.4) is 0 Å². The largest absolute Gasteiger partial charge is 0.303 e. The smallest absolute Gasteiger partial charge is 0.120 e. The molecule has 0 aromatic rings. The number of halogens is 2. The number of fused-ring (bicyclic) bond motifs is 1. The van der Waals surface area contributed by atoms with E-state index in [0.29, 0.717) is 36.1 Å². The summed E-state index contributed by atoms with van der Waals surface area (Å²) in [6.45, 7) is 2.39. The van der Waals surface area contributed by atoms with Gasteiger partial charge in [0.2, 0.25) is 0 Å². The molecule has 4 aliphatic rings. The van der Waals surface area contributed by atoms with E-state index in [2.05, 4.69) is 4.90 Å². The highest BCUT2D eigenvalue weighted by Gasteiger charge is 2.47. The molecule has 0 aromatic carbocycles. The molecule has 0 amide bonds. The number of carbonyl (C=O) groups is 1. The average Bonchev–Trinajstić information content (AvgIpc) is 3.02. The zero-order valence-corrected chi connectivity index (χ0v) is 17.5. The van der Waals surface area contributed by atoms with Gasteiger partial charge in [-0.2, -0.15) is 0 Å². The maximum atomic E-state index is 13.8. The molecule has 0 aromatic heterocycles. The van der Waals surface area contributed by atoms with Gasteiger partial charge in [-0.3, -0.25) is 4.90 Å². The molecular weight excluding hydrogens is 361 g/mol. The van der Waals surface area contributed by atoms with Crippen LogP contribution in [0.5, 0.6) is 0 Å². The van der Waals surface area contributed by atoms with Crippen molar-refractivity contribution in [2.24, 2.45) is 29.6 Å². The van der Waals surface area contributed by atoms with Crippen molar-refractivity contribution in [1.82, 2.24) is 4.90 Å². The zero-order valence-electron chi connectivity index (χ0n) is 16.7. The first kappa shape index (κ1) is 20.1. The number of aldehydes is 1. The highest BCUT2D eigenvalue weighted by molar-refractivity contribution is 6.21. The monoisotopic (exact) mass is 397 g/mol. The van der Waals surface area contributed by atoms with Gasteiger partial charge >= 0.3 is 0 Å². The summed E-state index contributed by atoms with van der Waals surface area (Å²) in [5.74, 6) is 3.40. The molecule has 4 heteroatoms. The lowest BCUT2D eigenvalue weighted by atomic mass is 9.66. The number of likely N-dealkylation sites (tertiary alicyclic amines) is 1. The Morgan fingerprint density at radius 2 is 1.70 bits per heavy atom. The quantitative estimate of drug-likeness (QED) is 0.443. The molecule has 7 atom stereocenters. The summed E-state index contributed by atoms with van der Waals surface area (Å²) in [5.41, 5.74) is 0. The highest BCUT2D eigenvalue weighted by atomic mass is 35.5. The maximum absolute atomic E-state index is 13.8. The molecule has 1 aliphatic heterocycles. The van der Waals surface area contributed by atoms with Gasteiger partial charge in [-0.15, -0.1) is 11.6 Å². The van der Waals surface area contributed by atoms with Crippen molar-refractivity contribution in [1.29, 1.82) is 0 Å². The van der Waals surface area contributed by atoms with Crippen LogP contribution in [0, 0.1) is 29.6 Å². The Bertz CT molecular complexity index is 497. The summed E-state index contributed by atoms with van der Waals surface area (Å²) in [6.07, 6.45) is 14.4. The molecule has 0 N–H and O–H groups in total. The van der Waals surface area contributed by atoms with Gasteiger partial charge in [-0.25, -0.2) is 4.39 Å². The molecule has 3 aliphatic carbocycles. The Kier molecular flexibility index (Phi) is 6.80. The first-order chi connectivity index (χ1) is 13.2. The van der Waals surface area contributed by atoms with E-state index < -0.39 is 6.17 Å². The van der Waals surface area contributed by atoms with Crippen molar-refractivity contribution >= 4 is 17.9 Å². The van der Waals surface area contributed by atoms with Crippen molar-refractivity contribution in [3.8, 4) is 0 Å². The van der Waals surface area contributed by atoms with Crippen LogP contribution in [0.25, 0.3) is 0 Å². The molecule has 2 nitrogen and oxygen atoms in total. The van der Waals surface area contributed by atoms with Crippen LogP contribution in [-0.4, -0.2) is 41.9 Å². The molecule has 4 fully saturated rings. The molecule has 154 valence electrons. The standard InChI is InChI=1S/C23H37ClFNO/c24-21-13-18(6-8-22(21)25)17-7-9-23-20(12-17)19(10-11-27)15-26(23)14-16-4-2-1-3-5-16/h11,16-23H,1-10,12-15H2. The number of hydrogen-bond acceptors (Lipinski definition) is 2. The van der Waals surface area contributed by atoms with E-state index in [9.17, 15) is 9.18 Å². The summed E-state index contributed by atoms with van der Waals surface area (Å²) >= 11 is 6.27. The summed E-state index contributed by atoms with van der Waals surface area (Å²) in [5, 5.41) is -0.279. The van der Waals surface area contributed by atoms with Crippen molar-refractivity contribution in [3.63, 3.8) is 0 Å². The molecule has 3 saturated carbocycles. The third-order valence-electron chi connectivity index (χ3n) is 8.46. The van der Waals surface area contributed by atoms with Crippen LogP contribution in [-0.2, 0) is 4.79 Å². The second-order valence-corrected chi connectivity index (χ2v) is 10.6. The van der Waals surface area contributed by atoms with Crippen LogP contribution < -0.4 is 0 Å². The SMILES string of the molecule is O=CCC1CN(CC2CCCCC2)C2CCC(C3CCC(F)C(Cl)C3)CC12. The molecule has 27 heavy (non-hydrogen) atoms. The molecule has 0 spiro atoms. The molecule has 1 saturated heterocycles. The normalized spacial score (nSPS) is 44.1. The molecule has 0 bridgehead atoms. The van der Waals surface area contributed by atoms with Gasteiger partial charge in [0, 0.05) is 25.6 Å². The first-order valence-corrected chi connectivity index (χ1v) is 12.0. The Labute approximate surface area is 169 Å². The van der Waals surface area contributed by atoms with Crippen molar-refractivity contribution < 1.29 is 9.18 Å². The molecule has 4 rings (SSSR count). The van der Waals surface area contributed by atoms with Crippen LogP contribution in [0.15, 0.2) is 0 Å². The minimum Gasteiger partial charge on any atom is -0.303 e. The minimum atomic E-state index is -0.806. The Balaban J connectivity index is 1.39. The number of carbonyl (C=O) groups excluding carboxylic acids is 1. The molecule has 7 unspecified atom stereocenters. The summed E-state index contributed by atoms with van der Waals surface area (Å²) in [7, 11) is 0. The Morgan fingerprint density at radius 3 is 2.44 bits per heavy atom. The number of alkyl halides is 2. The van der Waals surface area contributed by atoms with Crippen LogP contribution in [0.2, 0.25) is 0 Å². The van der Waals surface area contributed by atoms with E-state index in [1.54, 1.807) is 0 Å². The van der Waals surface area contributed by atoms with Crippen LogP contribution in [0.1, 0.15) is 77.0 Å². The Morgan fingerprint density at radius 1 is 0.963 bits per heavy atom. The fraction of sp³-hybridized carbons (Fsp3) is 0.957. The van der Waals surface area contributed by atoms with Gasteiger partial charge in [-0.1, -0.05) is 19.3 Å².